The first-order valence-corrected chi connectivity index (χ1v) is 9.97. The Morgan fingerprint density at radius 2 is 2.11 bits per heavy atom. The third-order valence-corrected chi connectivity index (χ3v) is 5.81. The molecule has 7 nitrogen and oxygen atoms in total. The van der Waals surface area contributed by atoms with Crippen molar-refractivity contribution in [2.45, 2.75) is 52.2 Å². The summed E-state index contributed by atoms with van der Waals surface area (Å²) < 4.78 is 11.8. The fraction of sp³-hybridized carbons (Fsp3) is 0.524. The second-order valence-corrected chi connectivity index (χ2v) is 7.88. The van der Waals surface area contributed by atoms with Crippen molar-refractivity contribution in [2.75, 3.05) is 13.2 Å². The Balaban J connectivity index is 1.73. The molecule has 150 valence electrons. The number of amides is 2. The van der Waals surface area contributed by atoms with Gasteiger partial charge in [0.05, 0.1) is 18.0 Å². The van der Waals surface area contributed by atoms with Gasteiger partial charge in [0.15, 0.2) is 0 Å². The molecule has 2 aliphatic rings. The summed E-state index contributed by atoms with van der Waals surface area (Å²) in [5.74, 6) is 0.784. The number of hydrogen-bond donors (Lipinski definition) is 2. The summed E-state index contributed by atoms with van der Waals surface area (Å²) in [7, 11) is 0. The molecule has 2 aromatic rings. The average Bonchev–Trinajstić information content (AvgIpc) is 3.25. The molecule has 3 atom stereocenters. The van der Waals surface area contributed by atoms with E-state index in [9.17, 15) is 9.59 Å². The summed E-state index contributed by atoms with van der Waals surface area (Å²) in [6.45, 7) is 6.87. The van der Waals surface area contributed by atoms with Gasteiger partial charge in [0.25, 0.3) is 5.91 Å². The summed E-state index contributed by atoms with van der Waals surface area (Å²) >= 11 is 0. The van der Waals surface area contributed by atoms with Gasteiger partial charge in [0, 0.05) is 30.0 Å². The molecule has 2 aliphatic heterocycles. The number of aromatic nitrogens is 1. The maximum absolute atomic E-state index is 13.2. The van der Waals surface area contributed by atoms with Crippen molar-refractivity contribution in [2.24, 2.45) is 11.7 Å². The van der Waals surface area contributed by atoms with E-state index in [1.54, 1.807) is 4.90 Å². The average molecular weight is 385 g/mol. The number of ether oxygens (including phenoxy) is 2. The van der Waals surface area contributed by atoms with Gasteiger partial charge in [-0.15, -0.1) is 0 Å². The zero-order valence-corrected chi connectivity index (χ0v) is 16.6. The maximum Gasteiger partial charge on any atom is 0.270 e. The van der Waals surface area contributed by atoms with Crippen LogP contribution in [0.1, 0.15) is 49.7 Å². The topological polar surface area (TPSA) is 97.7 Å². The number of carbonyl (C=O) groups is 2. The highest BCUT2D eigenvalue weighted by Crippen LogP contribution is 2.41. The minimum atomic E-state index is -0.347. The molecular weight excluding hydrogens is 358 g/mol. The van der Waals surface area contributed by atoms with E-state index in [0.717, 1.165) is 47.2 Å². The summed E-state index contributed by atoms with van der Waals surface area (Å²) in [5, 5.41) is 0.842. The number of nitrogens with one attached hydrogen (secondary N) is 1. The Kier molecular flexibility index (Phi) is 4.69. The van der Waals surface area contributed by atoms with Crippen LogP contribution in [-0.2, 0) is 11.2 Å². The monoisotopic (exact) mass is 385 g/mol. The number of primary amides is 1. The zero-order chi connectivity index (χ0) is 20.0. The van der Waals surface area contributed by atoms with E-state index in [1.165, 1.54) is 0 Å². The number of carbonyl (C=O) groups excluding carboxylic acids is 2. The van der Waals surface area contributed by atoms with Crippen LogP contribution in [0.15, 0.2) is 12.1 Å². The van der Waals surface area contributed by atoms with Crippen molar-refractivity contribution in [3.05, 3.63) is 23.4 Å². The second-order valence-electron chi connectivity index (χ2n) is 7.88. The molecule has 3 heterocycles. The second kappa shape index (κ2) is 7.04. The van der Waals surface area contributed by atoms with Crippen molar-refractivity contribution < 1.29 is 19.1 Å². The van der Waals surface area contributed by atoms with Gasteiger partial charge < -0.3 is 25.1 Å². The molecule has 4 rings (SSSR count). The molecule has 0 unspecified atom stereocenters. The lowest BCUT2D eigenvalue weighted by Crippen LogP contribution is -2.48. The molecule has 0 bridgehead atoms. The molecule has 0 saturated carbocycles. The zero-order valence-electron chi connectivity index (χ0n) is 16.6. The molecule has 2 amide bonds. The van der Waals surface area contributed by atoms with Crippen LogP contribution in [0.3, 0.4) is 0 Å². The third-order valence-electron chi connectivity index (χ3n) is 5.81. The van der Waals surface area contributed by atoms with Gasteiger partial charge in [-0.25, -0.2) is 0 Å². The highest BCUT2D eigenvalue weighted by atomic mass is 16.5. The molecule has 28 heavy (non-hydrogen) atoms. The lowest BCUT2D eigenvalue weighted by molar-refractivity contribution is -0.123. The molecule has 0 aliphatic carbocycles. The van der Waals surface area contributed by atoms with Gasteiger partial charge in [-0.05, 0) is 45.7 Å². The minimum absolute atomic E-state index is 0.0582. The standard InChI is InChI=1S/C21H27N3O4/c1-4-27-17-8-14-7-12(3)28-19(14)18-15(17)9-16(23-18)21(26)24-10-13(20(22)25)6-5-11(24)2/h8-9,11-13,23H,4-7,10H2,1-3H3,(H2,22,25)/t11-,12-,13+/m0/s1. The van der Waals surface area contributed by atoms with Crippen molar-refractivity contribution in [1.29, 1.82) is 0 Å². The summed E-state index contributed by atoms with van der Waals surface area (Å²) in [6.07, 6.45) is 2.40. The van der Waals surface area contributed by atoms with Crippen molar-refractivity contribution in [3.63, 3.8) is 0 Å². The molecule has 0 radical (unpaired) electrons. The van der Waals surface area contributed by atoms with E-state index in [-0.39, 0.29) is 29.9 Å². The molecule has 7 heteroatoms. The summed E-state index contributed by atoms with van der Waals surface area (Å²) in [4.78, 5) is 29.9. The van der Waals surface area contributed by atoms with E-state index >= 15 is 0 Å². The van der Waals surface area contributed by atoms with Crippen LogP contribution in [0, 0.1) is 5.92 Å². The third kappa shape index (κ3) is 3.08. The Morgan fingerprint density at radius 3 is 2.82 bits per heavy atom. The molecule has 1 aromatic heterocycles. The van der Waals surface area contributed by atoms with Gasteiger partial charge in [-0.3, -0.25) is 9.59 Å². The molecule has 1 fully saturated rings. The minimum Gasteiger partial charge on any atom is -0.493 e. The number of nitrogens with zero attached hydrogens (tertiary/aromatic N) is 1. The van der Waals surface area contributed by atoms with Gasteiger partial charge in [-0.1, -0.05) is 0 Å². The fourth-order valence-corrected chi connectivity index (χ4v) is 4.30. The van der Waals surface area contributed by atoms with Crippen LogP contribution in [0.2, 0.25) is 0 Å². The Labute approximate surface area is 164 Å². The number of fused-ring (bicyclic) bond motifs is 3. The Bertz CT molecular complexity index is 935. The number of aromatic amines is 1. The predicted octanol–water partition coefficient (Wildman–Crippen LogP) is 2.62. The first-order valence-electron chi connectivity index (χ1n) is 9.97. The normalized spacial score (nSPS) is 24.1. The number of hydrogen-bond acceptors (Lipinski definition) is 4. The number of piperidine rings is 1. The van der Waals surface area contributed by atoms with E-state index < -0.39 is 0 Å². The van der Waals surface area contributed by atoms with Crippen molar-refractivity contribution in [1.82, 2.24) is 9.88 Å². The van der Waals surface area contributed by atoms with Crippen LogP contribution in [0.4, 0.5) is 0 Å². The fourth-order valence-electron chi connectivity index (χ4n) is 4.30. The molecule has 0 spiro atoms. The lowest BCUT2D eigenvalue weighted by Gasteiger charge is -2.36. The predicted molar refractivity (Wildman–Crippen MR) is 106 cm³/mol. The SMILES string of the molecule is CCOc1cc2c(c3[nH]c(C(=O)N4C[C@H](C(N)=O)CC[C@@H]4C)cc13)O[C@@H](C)C2. The summed E-state index contributed by atoms with van der Waals surface area (Å²) in [6, 6.07) is 3.90. The summed E-state index contributed by atoms with van der Waals surface area (Å²) in [5.41, 5.74) is 7.84. The number of benzene rings is 1. The first-order chi connectivity index (χ1) is 13.4. The van der Waals surface area contributed by atoms with Crippen LogP contribution in [0.5, 0.6) is 11.5 Å². The van der Waals surface area contributed by atoms with Crippen LogP contribution < -0.4 is 15.2 Å². The molecule has 3 N–H and O–H groups in total. The highest BCUT2D eigenvalue weighted by molar-refractivity contribution is 6.02. The van der Waals surface area contributed by atoms with Gasteiger partial charge >= 0.3 is 0 Å². The molecular formula is C21H27N3O4. The molecule has 1 saturated heterocycles. The first kappa shape index (κ1) is 18.7. The number of nitrogens with two attached hydrogens (primary N) is 1. The van der Waals surface area contributed by atoms with Gasteiger partial charge in [-0.2, -0.15) is 0 Å². The van der Waals surface area contributed by atoms with Gasteiger partial charge in [0.1, 0.15) is 23.3 Å². The Hall–Kier alpha value is -2.70. The van der Waals surface area contributed by atoms with E-state index in [1.807, 2.05) is 32.9 Å². The van der Waals surface area contributed by atoms with Crippen LogP contribution >= 0.6 is 0 Å². The largest absolute Gasteiger partial charge is 0.493 e. The lowest BCUT2D eigenvalue weighted by atomic mass is 9.92. The maximum atomic E-state index is 13.2. The molecule has 1 aromatic carbocycles. The van der Waals surface area contributed by atoms with Gasteiger partial charge in [0.2, 0.25) is 5.91 Å². The number of rotatable bonds is 4. The number of likely N-dealkylation sites (tertiary alicyclic amines) is 1. The quantitative estimate of drug-likeness (QED) is 0.845. The van der Waals surface area contributed by atoms with E-state index in [4.69, 9.17) is 15.2 Å². The highest BCUT2D eigenvalue weighted by Gasteiger charge is 2.33. The van der Waals surface area contributed by atoms with Crippen LogP contribution in [0.25, 0.3) is 10.9 Å². The van der Waals surface area contributed by atoms with Crippen molar-refractivity contribution in [3.8, 4) is 11.5 Å². The van der Waals surface area contributed by atoms with E-state index in [0.29, 0.717) is 18.8 Å². The number of H-pyrrole nitrogens is 1. The Morgan fingerprint density at radius 1 is 1.32 bits per heavy atom. The smallest absolute Gasteiger partial charge is 0.270 e. The van der Waals surface area contributed by atoms with Crippen molar-refractivity contribution >= 4 is 22.7 Å². The van der Waals surface area contributed by atoms with E-state index in [2.05, 4.69) is 4.98 Å². The van der Waals surface area contributed by atoms with Crippen LogP contribution in [-0.4, -0.2) is 47.0 Å².